The highest BCUT2D eigenvalue weighted by molar-refractivity contribution is 5.99. The van der Waals surface area contributed by atoms with Gasteiger partial charge in [-0.2, -0.15) is 0 Å². The first-order valence-electron chi connectivity index (χ1n) is 9.37. The number of rotatable bonds is 5. The molecular formula is C22H28N3O4-. The number of benzene rings is 1. The molecule has 0 radical (unpaired) electrons. The van der Waals surface area contributed by atoms with Gasteiger partial charge in [-0.1, -0.05) is 18.2 Å². The fraction of sp³-hybridized carbons (Fsp3) is 0.409. The summed E-state index contributed by atoms with van der Waals surface area (Å²) in [7, 11) is 0. The highest BCUT2D eigenvalue weighted by atomic mass is 16.5. The summed E-state index contributed by atoms with van der Waals surface area (Å²) in [4.78, 5) is 29.7. The summed E-state index contributed by atoms with van der Waals surface area (Å²) in [5.74, 6) is 0.653. The van der Waals surface area contributed by atoms with Crippen LogP contribution in [0, 0.1) is 13.8 Å². The molecule has 7 nitrogen and oxygen atoms in total. The van der Waals surface area contributed by atoms with Crippen LogP contribution < -0.4 is 15.2 Å². The maximum absolute atomic E-state index is 12.8. The fourth-order valence-electron chi connectivity index (χ4n) is 3.31. The zero-order valence-corrected chi connectivity index (χ0v) is 18.0. The summed E-state index contributed by atoms with van der Waals surface area (Å²) in [5, 5.41) is 14.3. The van der Waals surface area contributed by atoms with E-state index in [1.54, 1.807) is 32.9 Å². The Kier molecular flexibility index (Phi) is 6.21. The van der Waals surface area contributed by atoms with Gasteiger partial charge in [0.2, 0.25) is 11.8 Å². The predicted octanol–water partition coefficient (Wildman–Crippen LogP) is 3.65. The molecular weight excluding hydrogens is 370 g/mol. The number of aryl methyl sites for hydroxylation is 2. The van der Waals surface area contributed by atoms with Crippen molar-refractivity contribution in [2.45, 2.75) is 59.5 Å². The number of nitrogens with one attached hydrogen (secondary N) is 1. The van der Waals surface area contributed by atoms with Gasteiger partial charge < -0.3 is 24.9 Å². The Balaban J connectivity index is 2.16. The maximum atomic E-state index is 12.8. The lowest BCUT2D eigenvalue weighted by Gasteiger charge is -2.47. The molecule has 0 spiro atoms. The van der Waals surface area contributed by atoms with E-state index in [2.05, 4.69) is 10.3 Å². The number of para-hydroxylation sites is 1. The van der Waals surface area contributed by atoms with Crippen molar-refractivity contribution < 1.29 is 19.4 Å². The first kappa shape index (κ1) is 22.2. The average Bonchev–Trinajstić information content (AvgIpc) is 2.57. The molecule has 0 aliphatic rings. The van der Waals surface area contributed by atoms with Crippen LogP contribution in [0.3, 0.4) is 0 Å². The Labute approximate surface area is 171 Å². The van der Waals surface area contributed by atoms with Crippen molar-refractivity contribution in [3.05, 3.63) is 47.7 Å². The molecule has 29 heavy (non-hydrogen) atoms. The molecule has 0 aliphatic heterocycles. The van der Waals surface area contributed by atoms with Crippen LogP contribution in [-0.2, 0) is 4.79 Å². The summed E-state index contributed by atoms with van der Waals surface area (Å²) in [6.07, 6.45) is 0.0605. The van der Waals surface area contributed by atoms with Gasteiger partial charge in [-0.25, -0.2) is 4.98 Å². The minimum atomic E-state index is -1.41. The molecule has 156 valence electrons. The Hall–Kier alpha value is -3.09. The number of ether oxygens (including phenoxy) is 1. The number of nitrogens with zero attached hydrogens (tertiary/aromatic N) is 2. The molecule has 2 aromatic rings. The molecule has 1 aromatic carbocycles. The van der Waals surface area contributed by atoms with Gasteiger partial charge in [-0.05, 0) is 65.7 Å². The number of carbonyl (C=O) groups excluding carboxylic acids is 2. The SMILES string of the molecule is Cc1cccc(C)c1Oc1ccc(NC(=O)C(C)(C)N(C(=O)[O-])C(C)(C)C)cn1. The van der Waals surface area contributed by atoms with Gasteiger partial charge in [0, 0.05) is 11.6 Å². The van der Waals surface area contributed by atoms with Crippen LogP contribution in [0.1, 0.15) is 45.7 Å². The van der Waals surface area contributed by atoms with Crippen LogP contribution in [0.25, 0.3) is 0 Å². The van der Waals surface area contributed by atoms with Gasteiger partial charge in [0.05, 0.1) is 11.9 Å². The number of carbonyl (C=O) groups is 2. The monoisotopic (exact) mass is 398 g/mol. The van der Waals surface area contributed by atoms with Crippen LogP contribution in [0.2, 0.25) is 0 Å². The van der Waals surface area contributed by atoms with Crippen LogP contribution in [-0.4, -0.2) is 33.0 Å². The number of hydrogen-bond acceptors (Lipinski definition) is 5. The second-order valence-corrected chi connectivity index (χ2v) is 8.49. The lowest BCUT2D eigenvalue weighted by Crippen LogP contribution is -2.65. The molecule has 2 amide bonds. The van der Waals surface area contributed by atoms with Crippen LogP contribution in [0.4, 0.5) is 10.5 Å². The van der Waals surface area contributed by atoms with E-state index in [0.717, 1.165) is 21.8 Å². The highest BCUT2D eigenvalue weighted by Crippen LogP contribution is 2.29. The number of anilines is 1. The van der Waals surface area contributed by atoms with E-state index in [1.165, 1.54) is 20.0 Å². The predicted molar refractivity (Wildman–Crippen MR) is 110 cm³/mol. The second kappa shape index (κ2) is 8.11. The number of carboxylic acid groups (broad SMARTS) is 1. The largest absolute Gasteiger partial charge is 0.530 e. The van der Waals surface area contributed by atoms with Crippen molar-refractivity contribution in [2.75, 3.05) is 5.32 Å². The summed E-state index contributed by atoms with van der Waals surface area (Å²) >= 11 is 0. The van der Waals surface area contributed by atoms with Gasteiger partial charge >= 0.3 is 0 Å². The number of pyridine rings is 1. The van der Waals surface area contributed by atoms with E-state index in [9.17, 15) is 14.7 Å². The Bertz CT molecular complexity index is 879. The summed E-state index contributed by atoms with van der Waals surface area (Å²) in [6.45, 7) is 12.1. The standard InChI is InChI=1S/C22H29N3O4/c1-14-9-8-10-15(2)18(14)29-17-12-11-16(13-23-17)24-19(26)22(6,7)25(20(27)28)21(3,4)5/h8-13H,1-7H3,(H,24,26)(H,27,28)/p-1. The molecule has 1 heterocycles. The molecule has 7 heteroatoms. The second-order valence-electron chi connectivity index (χ2n) is 8.49. The van der Waals surface area contributed by atoms with Gasteiger partial charge in [0.15, 0.2) is 0 Å². The summed E-state index contributed by atoms with van der Waals surface area (Å²) < 4.78 is 5.86. The van der Waals surface area contributed by atoms with E-state index >= 15 is 0 Å². The molecule has 0 atom stereocenters. The third kappa shape index (κ3) is 5.04. The molecule has 1 N–H and O–H groups in total. The number of aromatic nitrogens is 1. The van der Waals surface area contributed by atoms with E-state index in [1.807, 2.05) is 32.0 Å². The number of amides is 2. The van der Waals surface area contributed by atoms with Gasteiger partial charge in [-0.3, -0.25) is 4.79 Å². The van der Waals surface area contributed by atoms with Crippen molar-refractivity contribution >= 4 is 17.7 Å². The minimum absolute atomic E-state index is 0.394. The average molecular weight is 398 g/mol. The van der Waals surface area contributed by atoms with E-state index in [-0.39, 0.29) is 0 Å². The van der Waals surface area contributed by atoms with Crippen molar-refractivity contribution in [3.8, 4) is 11.6 Å². The molecule has 0 bridgehead atoms. The van der Waals surface area contributed by atoms with E-state index < -0.39 is 23.1 Å². The maximum Gasteiger partial charge on any atom is 0.249 e. The molecule has 0 unspecified atom stereocenters. The normalized spacial score (nSPS) is 11.7. The van der Waals surface area contributed by atoms with Crippen LogP contribution in [0.5, 0.6) is 11.6 Å². The molecule has 0 fully saturated rings. The first-order chi connectivity index (χ1) is 13.3. The minimum Gasteiger partial charge on any atom is -0.530 e. The number of hydrogen-bond donors (Lipinski definition) is 1. The topological polar surface area (TPSA) is 94.6 Å². The van der Waals surface area contributed by atoms with Crippen molar-refractivity contribution in [2.24, 2.45) is 0 Å². The zero-order valence-electron chi connectivity index (χ0n) is 18.0. The first-order valence-corrected chi connectivity index (χ1v) is 9.37. The zero-order chi connectivity index (χ0) is 22.0. The van der Waals surface area contributed by atoms with Crippen molar-refractivity contribution in [1.82, 2.24) is 9.88 Å². The fourth-order valence-corrected chi connectivity index (χ4v) is 3.31. The molecule has 0 saturated carbocycles. The molecule has 0 saturated heterocycles. The lowest BCUT2D eigenvalue weighted by molar-refractivity contribution is -0.276. The molecule has 0 aliphatic carbocycles. The Morgan fingerprint density at radius 2 is 1.62 bits per heavy atom. The van der Waals surface area contributed by atoms with Gasteiger partial charge in [0.1, 0.15) is 17.4 Å². The van der Waals surface area contributed by atoms with Gasteiger partial charge in [0.25, 0.3) is 0 Å². The van der Waals surface area contributed by atoms with Crippen molar-refractivity contribution in [1.29, 1.82) is 0 Å². The molecule has 1 aromatic heterocycles. The van der Waals surface area contributed by atoms with Crippen LogP contribution in [0.15, 0.2) is 36.5 Å². The Morgan fingerprint density at radius 3 is 2.07 bits per heavy atom. The van der Waals surface area contributed by atoms with E-state index in [0.29, 0.717) is 11.6 Å². The van der Waals surface area contributed by atoms with E-state index in [4.69, 9.17) is 4.74 Å². The Morgan fingerprint density at radius 1 is 1.03 bits per heavy atom. The third-order valence-electron chi connectivity index (χ3n) is 4.58. The molecule has 2 rings (SSSR count). The van der Waals surface area contributed by atoms with Gasteiger partial charge in [-0.15, -0.1) is 0 Å². The quantitative estimate of drug-likeness (QED) is 0.829. The summed E-state index contributed by atoms with van der Waals surface area (Å²) in [5.41, 5.74) is 0.279. The highest BCUT2D eigenvalue weighted by Gasteiger charge is 2.40. The van der Waals surface area contributed by atoms with Crippen LogP contribution >= 0.6 is 0 Å². The lowest BCUT2D eigenvalue weighted by atomic mass is 9.94. The third-order valence-corrected chi connectivity index (χ3v) is 4.58. The van der Waals surface area contributed by atoms with Crippen molar-refractivity contribution in [3.63, 3.8) is 0 Å². The summed E-state index contributed by atoms with van der Waals surface area (Å²) in [6, 6.07) is 9.17. The smallest absolute Gasteiger partial charge is 0.249 e.